The average Bonchev–Trinajstić information content (AvgIpc) is 2.37. The topological polar surface area (TPSA) is 43.8 Å². The number of hydrogen-bond donors (Lipinski definition) is 1. The zero-order chi connectivity index (χ0) is 13.8. The fraction of sp³-hybridized carbons (Fsp3) is 0.533. The highest BCUT2D eigenvalue weighted by Gasteiger charge is 2.18. The van der Waals surface area contributed by atoms with Crippen LogP contribution in [0.2, 0.25) is 0 Å². The van der Waals surface area contributed by atoms with Crippen LogP contribution in [0.15, 0.2) is 18.2 Å². The quantitative estimate of drug-likeness (QED) is 0.900. The second-order valence-electron chi connectivity index (χ2n) is 5.26. The van der Waals surface area contributed by atoms with E-state index in [1.165, 1.54) is 16.8 Å². The summed E-state index contributed by atoms with van der Waals surface area (Å²) in [4.78, 5) is 15.2. The number of carbonyl (C=O) groups is 1. The number of anilines is 1. The molecule has 4 nitrogen and oxygen atoms in total. The maximum Gasteiger partial charge on any atom is 0.304 e. The van der Waals surface area contributed by atoms with Crippen LogP contribution in [0.3, 0.4) is 0 Å². The molecule has 2 rings (SSSR count). The molecule has 0 saturated carbocycles. The molecule has 0 amide bonds. The Bertz CT molecular complexity index is 451. The van der Waals surface area contributed by atoms with E-state index in [1.807, 2.05) is 0 Å². The number of carboxylic acids is 1. The highest BCUT2D eigenvalue weighted by molar-refractivity contribution is 5.66. The molecule has 0 unspecified atom stereocenters. The SMILES string of the molecule is Cc1ccc(N2CCN(CCC(=O)O)CC2)c(C)c1. The number of hydrogen-bond acceptors (Lipinski definition) is 3. The Morgan fingerprint density at radius 1 is 1.21 bits per heavy atom. The van der Waals surface area contributed by atoms with Crippen LogP contribution in [0.1, 0.15) is 17.5 Å². The lowest BCUT2D eigenvalue weighted by Crippen LogP contribution is -2.47. The van der Waals surface area contributed by atoms with Crippen LogP contribution in [0.25, 0.3) is 0 Å². The minimum atomic E-state index is -0.711. The fourth-order valence-electron chi connectivity index (χ4n) is 2.63. The molecular weight excluding hydrogens is 240 g/mol. The summed E-state index contributed by atoms with van der Waals surface area (Å²) in [6.45, 7) is 8.77. The van der Waals surface area contributed by atoms with Crippen LogP contribution in [0.4, 0.5) is 5.69 Å². The van der Waals surface area contributed by atoms with Crippen molar-refractivity contribution in [2.75, 3.05) is 37.6 Å². The van der Waals surface area contributed by atoms with Gasteiger partial charge < -0.3 is 10.0 Å². The predicted octanol–water partition coefficient (Wildman–Crippen LogP) is 1.90. The first-order valence-corrected chi connectivity index (χ1v) is 6.82. The van der Waals surface area contributed by atoms with Crippen LogP contribution >= 0.6 is 0 Å². The van der Waals surface area contributed by atoms with Crippen LogP contribution in [-0.4, -0.2) is 48.7 Å². The van der Waals surface area contributed by atoms with E-state index in [4.69, 9.17) is 5.11 Å². The summed E-state index contributed by atoms with van der Waals surface area (Å²) in [5.41, 5.74) is 3.92. The molecule has 0 bridgehead atoms. The van der Waals surface area contributed by atoms with Gasteiger partial charge in [-0.2, -0.15) is 0 Å². The lowest BCUT2D eigenvalue weighted by atomic mass is 10.1. The number of aliphatic carboxylic acids is 1. The molecule has 1 saturated heterocycles. The van der Waals surface area contributed by atoms with Gasteiger partial charge in [0.25, 0.3) is 0 Å². The second-order valence-corrected chi connectivity index (χ2v) is 5.26. The van der Waals surface area contributed by atoms with Crippen molar-refractivity contribution in [3.63, 3.8) is 0 Å². The third-order valence-electron chi connectivity index (χ3n) is 3.71. The van der Waals surface area contributed by atoms with Gasteiger partial charge in [0.05, 0.1) is 6.42 Å². The average molecular weight is 262 g/mol. The number of carboxylic acid groups (broad SMARTS) is 1. The van der Waals surface area contributed by atoms with Gasteiger partial charge in [0.15, 0.2) is 0 Å². The number of benzene rings is 1. The van der Waals surface area contributed by atoms with Gasteiger partial charge in [0.2, 0.25) is 0 Å². The van der Waals surface area contributed by atoms with Crippen LogP contribution in [0, 0.1) is 13.8 Å². The third kappa shape index (κ3) is 3.70. The minimum Gasteiger partial charge on any atom is -0.481 e. The lowest BCUT2D eigenvalue weighted by molar-refractivity contribution is -0.137. The number of aryl methyl sites for hydroxylation is 2. The van der Waals surface area contributed by atoms with E-state index < -0.39 is 5.97 Å². The molecule has 0 atom stereocenters. The molecule has 104 valence electrons. The zero-order valence-electron chi connectivity index (χ0n) is 11.7. The largest absolute Gasteiger partial charge is 0.481 e. The first kappa shape index (κ1) is 13.9. The number of rotatable bonds is 4. The van der Waals surface area contributed by atoms with E-state index in [9.17, 15) is 4.79 Å². The van der Waals surface area contributed by atoms with Crippen molar-refractivity contribution in [2.45, 2.75) is 20.3 Å². The third-order valence-corrected chi connectivity index (χ3v) is 3.71. The van der Waals surface area contributed by atoms with Gasteiger partial charge >= 0.3 is 5.97 Å². The molecule has 0 aromatic heterocycles. The first-order valence-electron chi connectivity index (χ1n) is 6.82. The predicted molar refractivity (Wildman–Crippen MR) is 76.8 cm³/mol. The maximum absolute atomic E-state index is 10.6. The van der Waals surface area contributed by atoms with Gasteiger partial charge in [-0.15, -0.1) is 0 Å². The Balaban J connectivity index is 1.90. The van der Waals surface area contributed by atoms with E-state index in [2.05, 4.69) is 41.8 Å². The van der Waals surface area contributed by atoms with Gasteiger partial charge in [0.1, 0.15) is 0 Å². The van der Waals surface area contributed by atoms with Crippen molar-refractivity contribution >= 4 is 11.7 Å². The van der Waals surface area contributed by atoms with E-state index in [1.54, 1.807) is 0 Å². The van der Waals surface area contributed by atoms with E-state index in [0.29, 0.717) is 6.54 Å². The highest BCUT2D eigenvalue weighted by Crippen LogP contribution is 2.22. The van der Waals surface area contributed by atoms with Gasteiger partial charge in [0, 0.05) is 38.4 Å². The molecule has 0 aliphatic carbocycles. The highest BCUT2D eigenvalue weighted by atomic mass is 16.4. The van der Waals surface area contributed by atoms with Crippen molar-refractivity contribution in [1.82, 2.24) is 4.90 Å². The Morgan fingerprint density at radius 3 is 2.47 bits per heavy atom. The zero-order valence-corrected chi connectivity index (χ0v) is 11.7. The molecule has 19 heavy (non-hydrogen) atoms. The summed E-state index contributed by atoms with van der Waals surface area (Å²) in [6.07, 6.45) is 0.240. The van der Waals surface area contributed by atoms with Gasteiger partial charge in [-0.3, -0.25) is 9.69 Å². The fourth-order valence-corrected chi connectivity index (χ4v) is 2.63. The normalized spacial score (nSPS) is 16.6. The molecule has 4 heteroatoms. The van der Waals surface area contributed by atoms with Crippen molar-refractivity contribution in [2.24, 2.45) is 0 Å². The molecule has 1 aromatic rings. The number of nitrogens with zero attached hydrogens (tertiary/aromatic N) is 2. The van der Waals surface area contributed by atoms with Crippen molar-refractivity contribution < 1.29 is 9.90 Å². The van der Waals surface area contributed by atoms with Crippen molar-refractivity contribution in [1.29, 1.82) is 0 Å². The monoisotopic (exact) mass is 262 g/mol. The lowest BCUT2D eigenvalue weighted by Gasteiger charge is -2.36. The molecule has 1 aliphatic rings. The van der Waals surface area contributed by atoms with E-state index >= 15 is 0 Å². The molecule has 1 aromatic carbocycles. The Morgan fingerprint density at radius 2 is 1.89 bits per heavy atom. The molecule has 0 radical (unpaired) electrons. The second kappa shape index (κ2) is 6.06. The minimum absolute atomic E-state index is 0.240. The van der Waals surface area contributed by atoms with Crippen LogP contribution in [0.5, 0.6) is 0 Å². The van der Waals surface area contributed by atoms with Crippen molar-refractivity contribution in [3.8, 4) is 0 Å². The van der Waals surface area contributed by atoms with E-state index in [0.717, 1.165) is 26.2 Å². The Kier molecular flexibility index (Phi) is 4.43. The summed E-state index contributed by atoms with van der Waals surface area (Å²) in [5.74, 6) is -0.711. The van der Waals surface area contributed by atoms with Crippen LogP contribution in [-0.2, 0) is 4.79 Å². The summed E-state index contributed by atoms with van der Waals surface area (Å²) in [6, 6.07) is 6.56. The molecule has 1 heterocycles. The van der Waals surface area contributed by atoms with Gasteiger partial charge in [-0.1, -0.05) is 17.7 Å². The van der Waals surface area contributed by atoms with Gasteiger partial charge in [-0.25, -0.2) is 0 Å². The number of piperazine rings is 1. The summed E-state index contributed by atoms with van der Waals surface area (Å²) in [7, 11) is 0. The Hall–Kier alpha value is -1.55. The van der Waals surface area contributed by atoms with E-state index in [-0.39, 0.29) is 6.42 Å². The van der Waals surface area contributed by atoms with Crippen molar-refractivity contribution in [3.05, 3.63) is 29.3 Å². The van der Waals surface area contributed by atoms with Crippen LogP contribution < -0.4 is 4.90 Å². The molecular formula is C15H22N2O2. The molecule has 0 spiro atoms. The molecule has 1 fully saturated rings. The first-order chi connectivity index (χ1) is 9.06. The van der Waals surface area contributed by atoms with Gasteiger partial charge in [-0.05, 0) is 25.5 Å². The molecule has 1 aliphatic heterocycles. The Labute approximate surface area is 114 Å². The maximum atomic E-state index is 10.6. The summed E-state index contributed by atoms with van der Waals surface area (Å²) >= 11 is 0. The summed E-state index contributed by atoms with van der Waals surface area (Å²) in [5, 5.41) is 8.70. The smallest absolute Gasteiger partial charge is 0.304 e. The molecule has 1 N–H and O–H groups in total. The standard InChI is InChI=1S/C15H22N2O2/c1-12-3-4-14(13(2)11-12)17-9-7-16(8-10-17)6-5-15(18)19/h3-4,11H,5-10H2,1-2H3,(H,18,19). The summed E-state index contributed by atoms with van der Waals surface area (Å²) < 4.78 is 0.